The first-order valence-corrected chi connectivity index (χ1v) is 6.13. The zero-order chi connectivity index (χ0) is 13.8. The van der Waals surface area contributed by atoms with Crippen LogP contribution < -0.4 is 5.32 Å². The Hall–Kier alpha value is -1.04. The predicted molar refractivity (Wildman–Crippen MR) is 64.3 cm³/mol. The van der Waals surface area contributed by atoms with Crippen molar-refractivity contribution in [1.82, 2.24) is 15.1 Å². The maximum atomic E-state index is 12.4. The van der Waals surface area contributed by atoms with E-state index in [9.17, 15) is 13.2 Å². The lowest BCUT2D eigenvalue weighted by Gasteiger charge is -2.13. The highest BCUT2D eigenvalue weighted by atomic mass is 19.4. The Bertz CT molecular complexity index is 358. The van der Waals surface area contributed by atoms with Crippen LogP contribution in [0.25, 0.3) is 0 Å². The normalized spacial score (nSPS) is 14.2. The molecule has 0 aliphatic heterocycles. The summed E-state index contributed by atoms with van der Waals surface area (Å²) < 4.78 is 38.5. The molecule has 1 atom stereocenters. The highest BCUT2D eigenvalue weighted by molar-refractivity contribution is 5.03. The quantitative estimate of drug-likeness (QED) is 0.799. The van der Waals surface area contributed by atoms with Gasteiger partial charge in [0, 0.05) is 6.20 Å². The molecule has 0 aliphatic rings. The average molecular weight is 263 g/mol. The third-order valence-corrected chi connectivity index (χ3v) is 2.64. The summed E-state index contributed by atoms with van der Waals surface area (Å²) in [6.07, 6.45) is -2.22. The van der Waals surface area contributed by atoms with Gasteiger partial charge in [0.15, 0.2) is 5.69 Å². The molecule has 0 saturated heterocycles. The molecule has 0 aliphatic carbocycles. The summed E-state index contributed by atoms with van der Waals surface area (Å²) in [5.41, 5.74) is -0.829. The SMILES string of the molecule is CC(C)CNCCC(C)n1ccc(C(F)(F)F)n1. The van der Waals surface area contributed by atoms with E-state index in [1.165, 1.54) is 10.9 Å². The van der Waals surface area contributed by atoms with Crippen molar-refractivity contribution >= 4 is 0 Å². The van der Waals surface area contributed by atoms with E-state index in [-0.39, 0.29) is 6.04 Å². The standard InChI is InChI=1S/C12H20F3N3/c1-9(2)8-16-6-4-10(3)18-7-5-11(17-18)12(13,14)15/h5,7,9-10,16H,4,6,8H2,1-3H3. The third-order valence-electron chi connectivity index (χ3n) is 2.64. The van der Waals surface area contributed by atoms with Crippen molar-refractivity contribution in [3.05, 3.63) is 18.0 Å². The van der Waals surface area contributed by atoms with Crippen LogP contribution in [0.2, 0.25) is 0 Å². The van der Waals surface area contributed by atoms with E-state index in [4.69, 9.17) is 0 Å². The highest BCUT2D eigenvalue weighted by Gasteiger charge is 2.33. The second-order valence-corrected chi connectivity index (χ2v) is 4.91. The van der Waals surface area contributed by atoms with Gasteiger partial charge in [0.25, 0.3) is 0 Å². The van der Waals surface area contributed by atoms with E-state index >= 15 is 0 Å². The number of halogens is 3. The minimum Gasteiger partial charge on any atom is -0.316 e. The number of alkyl halides is 3. The minimum atomic E-state index is -4.36. The predicted octanol–water partition coefficient (Wildman–Crippen LogP) is 3.10. The van der Waals surface area contributed by atoms with Crippen LogP contribution in [0.3, 0.4) is 0 Å². The van der Waals surface area contributed by atoms with Gasteiger partial charge in [-0.05, 0) is 38.4 Å². The van der Waals surface area contributed by atoms with Gasteiger partial charge in [0.05, 0.1) is 6.04 Å². The molecule has 104 valence electrons. The molecular weight excluding hydrogens is 243 g/mol. The van der Waals surface area contributed by atoms with Crippen molar-refractivity contribution in [2.24, 2.45) is 5.92 Å². The molecule has 1 rings (SSSR count). The number of hydrogen-bond acceptors (Lipinski definition) is 2. The summed E-state index contributed by atoms with van der Waals surface area (Å²) >= 11 is 0. The Labute approximate surface area is 105 Å². The van der Waals surface area contributed by atoms with Gasteiger partial charge >= 0.3 is 6.18 Å². The van der Waals surface area contributed by atoms with E-state index in [1.54, 1.807) is 0 Å². The van der Waals surface area contributed by atoms with Crippen molar-refractivity contribution in [3.63, 3.8) is 0 Å². The van der Waals surface area contributed by atoms with Gasteiger partial charge in [-0.3, -0.25) is 4.68 Å². The van der Waals surface area contributed by atoms with Crippen molar-refractivity contribution in [1.29, 1.82) is 0 Å². The Balaban J connectivity index is 2.42. The molecule has 1 heterocycles. The lowest BCUT2D eigenvalue weighted by atomic mass is 10.2. The summed E-state index contributed by atoms with van der Waals surface area (Å²) in [6, 6.07) is 0.971. The fraction of sp³-hybridized carbons (Fsp3) is 0.750. The maximum absolute atomic E-state index is 12.4. The molecule has 0 aromatic carbocycles. The van der Waals surface area contributed by atoms with Gasteiger partial charge in [-0.25, -0.2) is 0 Å². The largest absolute Gasteiger partial charge is 0.435 e. The molecule has 0 amide bonds. The summed E-state index contributed by atoms with van der Waals surface area (Å²) in [4.78, 5) is 0. The Kier molecular flexibility index (Phi) is 5.19. The third kappa shape index (κ3) is 4.68. The molecule has 0 fully saturated rings. The van der Waals surface area contributed by atoms with E-state index in [1.807, 2.05) is 6.92 Å². The monoisotopic (exact) mass is 263 g/mol. The molecule has 0 bridgehead atoms. The molecule has 18 heavy (non-hydrogen) atoms. The van der Waals surface area contributed by atoms with Crippen LogP contribution in [0, 0.1) is 5.92 Å². The summed E-state index contributed by atoms with van der Waals surface area (Å²) in [6.45, 7) is 7.78. The fourth-order valence-corrected chi connectivity index (χ4v) is 1.57. The molecule has 1 aromatic rings. The van der Waals surface area contributed by atoms with Crippen molar-refractivity contribution < 1.29 is 13.2 Å². The first kappa shape index (κ1) is 15.0. The highest BCUT2D eigenvalue weighted by Crippen LogP contribution is 2.28. The van der Waals surface area contributed by atoms with Gasteiger partial charge in [-0.1, -0.05) is 13.8 Å². The van der Waals surface area contributed by atoms with Gasteiger partial charge in [-0.2, -0.15) is 18.3 Å². The molecular formula is C12H20F3N3. The lowest BCUT2D eigenvalue weighted by molar-refractivity contribution is -0.141. The van der Waals surface area contributed by atoms with E-state index in [2.05, 4.69) is 24.3 Å². The Morgan fingerprint density at radius 3 is 2.50 bits per heavy atom. The number of aromatic nitrogens is 2. The van der Waals surface area contributed by atoms with Crippen LogP contribution in [-0.4, -0.2) is 22.9 Å². The summed E-state index contributed by atoms with van der Waals surface area (Å²) in [5, 5.41) is 6.82. The first-order chi connectivity index (χ1) is 8.30. The number of rotatable bonds is 6. The zero-order valence-electron chi connectivity index (χ0n) is 11.0. The lowest BCUT2D eigenvalue weighted by Crippen LogP contribution is -2.23. The molecule has 1 unspecified atom stereocenters. The number of hydrogen-bond donors (Lipinski definition) is 1. The topological polar surface area (TPSA) is 29.9 Å². The number of nitrogens with zero attached hydrogens (tertiary/aromatic N) is 2. The van der Waals surface area contributed by atoms with E-state index in [0.29, 0.717) is 5.92 Å². The smallest absolute Gasteiger partial charge is 0.316 e. The Morgan fingerprint density at radius 2 is 2.00 bits per heavy atom. The van der Waals surface area contributed by atoms with Crippen LogP contribution in [0.1, 0.15) is 38.9 Å². The van der Waals surface area contributed by atoms with Crippen LogP contribution in [0.4, 0.5) is 13.2 Å². The second-order valence-electron chi connectivity index (χ2n) is 4.91. The molecule has 0 saturated carbocycles. The van der Waals surface area contributed by atoms with Crippen LogP contribution >= 0.6 is 0 Å². The molecule has 6 heteroatoms. The zero-order valence-corrected chi connectivity index (χ0v) is 11.0. The fourth-order valence-electron chi connectivity index (χ4n) is 1.57. The van der Waals surface area contributed by atoms with Gasteiger partial charge in [0.2, 0.25) is 0 Å². The molecule has 0 spiro atoms. The van der Waals surface area contributed by atoms with Crippen molar-refractivity contribution in [2.45, 2.75) is 39.4 Å². The maximum Gasteiger partial charge on any atom is 0.435 e. The first-order valence-electron chi connectivity index (χ1n) is 6.13. The molecule has 1 aromatic heterocycles. The van der Waals surface area contributed by atoms with Gasteiger partial charge < -0.3 is 5.32 Å². The van der Waals surface area contributed by atoms with Gasteiger partial charge in [-0.15, -0.1) is 0 Å². The van der Waals surface area contributed by atoms with Crippen molar-refractivity contribution in [3.8, 4) is 0 Å². The second kappa shape index (κ2) is 6.22. The van der Waals surface area contributed by atoms with Crippen LogP contribution in [0.5, 0.6) is 0 Å². The van der Waals surface area contributed by atoms with E-state index < -0.39 is 11.9 Å². The van der Waals surface area contributed by atoms with Crippen LogP contribution in [-0.2, 0) is 6.18 Å². The van der Waals surface area contributed by atoms with Gasteiger partial charge in [0.1, 0.15) is 0 Å². The number of nitrogens with one attached hydrogen (secondary N) is 1. The summed E-state index contributed by atoms with van der Waals surface area (Å²) in [7, 11) is 0. The van der Waals surface area contributed by atoms with Crippen molar-refractivity contribution in [2.75, 3.05) is 13.1 Å². The van der Waals surface area contributed by atoms with E-state index in [0.717, 1.165) is 25.6 Å². The minimum absolute atomic E-state index is 0.0410. The summed E-state index contributed by atoms with van der Waals surface area (Å²) in [5.74, 6) is 0.571. The average Bonchev–Trinajstić information content (AvgIpc) is 2.72. The molecule has 1 N–H and O–H groups in total. The molecule has 3 nitrogen and oxygen atoms in total. The Morgan fingerprint density at radius 1 is 1.33 bits per heavy atom. The molecule has 0 radical (unpaired) electrons. The van der Waals surface area contributed by atoms with Crippen LogP contribution in [0.15, 0.2) is 12.3 Å².